The second-order valence-electron chi connectivity index (χ2n) is 9.66. The summed E-state index contributed by atoms with van der Waals surface area (Å²) in [7, 11) is 0. The van der Waals surface area contributed by atoms with Gasteiger partial charge in [0.1, 0.15) is 12.1 Å². The summed E-state index contributed by atoms with van der Waals surface area (Å²) in [5, 5.41) is 0. The Morgan fingerprint density at radius 2 is 0.900 bits per heavy atom. The summed E-state index contributed by atoms with van der Waals surface area (Å²) in [6.07, 6.45) is 27.6. The predicted octanol–water partition coefficient (Wildman–Crippen LogP) is 7.93. The van der Waals surface area contributed by atoms with Crippen LogP contribution >= 0.6 is 0 Å². The van der Waals surface area contributed by atoms with Gasteiger partial charge >= 0.3 is 0 Å². The van der Waals surface area contributed by atoms with Crippen LogP contribution in [0.4, 0.5) is 0 Å². The molecule has 0 aromatic carbocycles. The largest absolute Gasteiger partial charge is 0.321 e. The lowest BCUT2D eigenvalue weighted by Crippen LogP contribution is -2.35. The van der Waals surface area contributed by atoms with Gasteiger partial charge in [0.25, 0.3) is 0 Å². The molecule has 0 bridgehead atoms. The Hall–Kier alpha value is -0.700. The number of carbonyl (C=O) groups excluding carboxylic acids is 2. The van der Waals surface area contributed by atoms with E-state index in [0.717, 1.165) is 25.5 Å². The van der Waals surface area contributed by atoms with Gasteiger partial charge in [-0.3, -0.25) is 4.79 Å². The standard InChI is InChI=1S/C27H53NO2/c1-25(2)27(28)26(30)23-21-19-17-15-13-11-9-7-5-3-4-6-8-10-12-14-16-18-20-22-24-29/h24-25,27H,3-23,28H2,1-2H3/t27-/m0/s1. The summed E-state index contributed by atoms with van der Waals surface area (Å²) >= 11 is 0. The lowest BCUT2D eigenvalue weighted by molar-refractivity contribution is -0.121. The minimum atomic E-state index is -0.263. The predicted molar refractivity (Wildman–Crippen MR) is 131 cm³/mol. The molecule has 3 nitrogen and oxygen atoms in total. The molecule has 0 saturated heterocycles. The smallest absolute Gasteiger partial charge is 0.149 e. The van der Waals surface area contributed by atoms with Gasteiger partial charge in [0.05, 0.1) is 6.04 Å². The minimum Gasteiger partial charge on any atom is -0.321 e. The molecule has 0 spiro atoms. The first kappa shape index (κ1) is 29.3. The summed E-state index contributed by atoms with van der Waals surface area (Å²) < 4.78 is 0. The SMILES string of the molecule is CC(C)[C@H](N)C(=O)CCCCCCCCCCCCCCCCCCCCCC=O. The second-order valence-corrected chi connectivity index (χ2v) is 9.66. The van der Waals surface area contributed by atoms with E-state index in [0.29, 0.717) is 6.42 Å². The van der Waals surface area contributed by atoms with Crippen molar-refractivity contribution in [1.82, 2.24) is 0 Å². The third-order valence-corrected chi connectivity index (χ3v) is 6.34. The van der Waals surface area contributed by atoms with E-state index in [4.69, 9.17) is 5.73 Å². The molecular weight excluding hydrogens is 370 g/mol. The minimum absolute atomic E-state index is 0.243. The van der Waals surface area contributed by atoms with Crippen molar-refractivity contribution in [2.45, 2.75) is 155 Å². The fourth-order valence-electron chi connectivity index (χ4n) is 4.07. The quantitative estimate of drug-likeness (QED) is 0.127. The number of aldehydes is 1. The Morgan fingerprint density at radius 1 is 0.600 bits per heavy atom. The fourth-order valence-corrected chi connectivity index (χ4v) is 4.07. The Kier molecular flexibility index (Phi) is 22.4. The van der Waals surface area contributed by atoms with Crippen LogP contribution in [0.3, 0.4) is 0 Å². The number of ketones is 1. The van der Waals surface area contributed by atoms with Crippen LogP contribution in [0, 0.1) is 5.92 Å². The van der Waals surface area contributed by atoms with E-state index in [2.05, 4.69) is 0 Å². The van der Waals surface area contributed by atoms with E-state index in [-0.39, 0.29) is 17.7 Å². The molecule has 0 radical (unpaired) electrons. The van der Waals surface area contributed by atoms with Crippen LogP contribution < -0.4 is 5.73 Å². The topological polar surface area (TPSA) is 60.2 Å². The highest BCUT2D eigenvalue weighted by atomic mass is 16.1. The third kappa shape index (κ3) is 20.6. The number of unbranched alkanes of at least 4 members (excludes halogenated alkanes) is 19. The van der Waals surface area contributed by atoms with E-state index in [9.17, 15) is 9.59 Å². The molecule has 0 saturated carbocycles. The molecule has 0 aliphatic carbocycles. The van der Waals surface area contributed by atoms with Crippen LogP contribution in [-0.2, 0) is 9.59 Å². The fraction of sp³-hybridized carbons (Fsp3) is 0.926. The Labute approximate surface area is 188 Å². The first-order valence-corrected chi connectivity index (χ1v) is 13.3. The van der Waals surface area contributed by atoms with Crippen molar-refractivity contribution in [1.29, 1.82) is 0 Å². The van der Waals surface area contributed by atoms with E-state index in [1.807, 2.05) is 13.8 Å². The van der Waals surface area contributed by atoms with Crippen LogP contribution in [0.5, 0.6) is 0 Å². The van der Waals surface area contributed by atoms with Gasteiger partial charge in [-0.25, -0.2) is 0 Å². The molecule has 0 aliphatic rings. The molecule has 178 valence electrons. The molecule has 1 atom stereocenters. The van der Waals surface area contributed by atoms with E-state index in [1.165, 1.54) is 109 Å². The third-order valence-electron chi connectivity index (χ3n) is 6.34. The van der Waals surface area contributed by atoms with Crippen LogP contribution in [0.2, 0.25) is 0 Å². The van der Waals surface area contributed by atoms with E-state index in [1.54, 1.807) is 0 Å². The van der Waals surface area contributed by atoms with Crippen molar-refractivity contribution in [3.8, 4) is 0 Å². The molecule has 30 heavy (non-hydrogen) atoms. The number of hydrogen-bond donors (Lipinski definition) is 1. The Balaban J connectivity index is 3.13. The summed E-state index contributed by atoms with van der Waals surface area (Å²) in [5.41, 5.74) is 5.89. The van der Waals surface area contributed by atoms with Crippen LogP contribution in [0.1, 0.15) is 149 Å². The van der Waals surface area contributed by atoms with Gasteiger partial charge in [0.2, 0.25) is 0 Å². The zero-order valence-corrected chi connectivity index (χ0v) is 20.5. The normalized spacial score (nSPS) is 12.4. The molecule has 2 N–H and O–H groups in total. The highest BCUT2D eigenvalue weighted by Crippen LogP contribution is 2.15. The molecule has 0 aliphatic heterocycles. The average Bonchev–Trinajstić information content (AvgIpc) is 2.74. The van der Waals surface area contributed by atoms with Gasteiger partial charge in [0.15, 0.2) is 0 Å². The van der Waals surface area contributed by atoms with Crippen LogP contribution in [0.15, 0.2) is 0 Å². The van der Waals surface area contributed by atoms with Crippen LogP contribution in [-0.4, -0.2) is 18.1 Å². The van der Waals surface area contributed by atoms with E-state index < -0.39 is 0 Å². The average molecular weight is 424 g/mol. The van der Waals surface area contributed by atoms with Gasteiger partial charge in [0, 0.05) is 12.8 Å². The van der Waals surface area contributed by atoms with Crippen molar-refractivity contribution in [3.05, 3.63) is 0 Å². The van der Waals surface area contributed by atoms with Crippen molar-refractivity contribution in [3.63, 3.8) is 0 Å². The zero-order chi connectivity index (χ0) is 22.3. The first-order valence-electron chi connectivity index (χ1n) is 13.3. The Bertz CT molecular complexity index is 381. The van der Waals surface area contributed by atoms with Gasteiger partial charge in [-0.05, 0) is 18.8 Å². The summed E-state index contributed by atoms with van der Waals surface area (Å²) in [6.45, 7) is 4.04. The number of rotatable bonds is 24. The molecular formula is C27H53NO2. The van der Waals surface area contributed by atoms with Gasteiger partial charge in [-0.15, -0.1) is 0 Å². The maximum Gasteiger partial charge on any atom is 0.149 e. The highest BCUT2D eigenvalue weighted by Gasteiger charge is 2.15. The monoisotopic (exact) mass is 423 g/mol. The number of nitrogens with two attached hydrogens (primary N) is 1. The van der Waals surface area contributed by atoms with Gasteiger partial charge < -0.3 is 10.5 Å². The maximum atomic E-state index is 11.9. The van der Waals surface area contributed by atoms with Crippen molar-refractivity contribution in [2.75, 3.05) is 0 Å². The van der Waals surface area contributed by atoms with Gasteiger partial charge in [-0.1, -0.05) is 123 Å². The van der Waals surface area contributed by atoms with Crippen molar-refractivity contribution >= 4 is 12.1 Å². The maximum absolute atomic E-state index is 11.9. The number of carbonyl (C=O) groups is 2. The zero-order valence-electron chi connectivity index (χ0n) is 20.5. The lowest BCUT2D eigenvalue weighted by Gasteiger charge is -2.13. The van der Waals surface area contributed by atoms with Crippen LogP contribution in [0.25, 0.3) is 0 Å². The molecule has 0 amide bonds. The molecule has 0 aromatic rings. The van der Waals surface area contributed by atoms with E-state index >= 15 is 0 Å². The highest BCUT2D eigenvalue weighted by molar-refractivity contribution is 5.83. The molecule has 0 heterocycles. The summed E-state index contributed by atoms with van der Waals surface area (Å²) in [5.74, 6) is 0.506. The van der Waals surface area contributed by atoms with Crippen molar-refractivity contribution in [2.24, 2.45) is 11.7 Å². The molecule has 0 unspecified atom stereocenters. The molecule has 0 rings (SSSR count). The summed E-state index contributed by atoms with van der Waals surface area (Å²) in [6, 6.07) is -0.263. The molecule has 3 heteroatoms. The van der Waals surface area contributed by atoms with Crippen molar-refractivity contribution < 1.29 is 9.59 Å². The lowest BCUT2D eigenvalue weighted by atomic mass is 9.97. The van der Waals surface area contributed by atoms with Gasteiger partial charge in [-0.2, -0.15) is 0 Å². The molecule has 0 aromatic heterocycles. The first-order chi connectivity index (χ1) is 14.6. The Morgan fingerprint density at radius 3 is 1.20 bits per heavy atom. The second kappa shape index (κ2) is 23.0. The number of hydrogen-bond acceptors (Lipinski definition) is 3. The number of Topliss-reactive ketones (excluding diaryl/α,β-unsaturated/α-hetero) is 1. The summed E-state index contributed by atoms with van der Waals surface area (Å²) in [4.78, 5) is 22.1. The molecule has 0 fully saturated rings.